The molecule has 1 amide bonds. The summed E-state index contributed by atoms with van der Waals surface area (Å²) in [5.41, 5.74) is 3.06. The molecule has 0 fully saturated rings. The lowest BCUT2D eigenvalue weighted by Gasteiger charge is -2.40. The molecule has 1 aromatic heterocycles. The Bertz CT molecular complexity index is 718. The van der Waals surface area contributed by atoms with E-state index in [9.17, 15) is 4.79 Å². The maximum Gasteiger partial charge on any atom is 0.247 e. The van der Waals surface area contributed by atoms with Gasteiger partial charge in [-0.15, -0.1) is 0 Å². The Morgan fingerprint density at radius 1 is 1.30 bits per heavy atom. The van der Waals surface area contributed by atoms with Crippen molar-refractivity contribution in [2.75, 3.05) is 10.2 Å². The number of amides is 1. The normalized spacial score (nSPS) is 19.8. The molecule has 3 heterocycles. The van der Waals surface area contributed by atoms with E-state index in [1.165, 1.54) is 11.1 Å². The zero-order chi connectivity index (χ0) is 13.7. The molecule has 0 spiro atoms. The van der Waals surface area contributed by atoms with E-state index in [0.717, 1.165) is 0 Å². The number of rotatable bonds is 0. The summed E-state index contributed by atoms with van der Waals surface area (Å²) in [6, 6.07) is 7.94. The zero-order valence-electron chi connectivity index (χ0n) is 10.5. The van der Waals surface area contributed by atoms with Crippen LogP contribution < -0.4 is 10.2 Å². The first kappa shape index (κ1) is 11.7. The Labute approximate surface area is 120 Å². The number of benzene rings is 1. The van der Waals surface area contributed by atoms with Crippen molar-refractivity contribution in [1.82, 2.24) is 9.97 Å². The van der Waals surface area contributed by atoms with E-state index in [4.69, 9.17) is 11.6 Å². The third-order valence-electron chi connectivity index (χ3n) is 3.82. The molecule has 4 rings (SSSR count). The fraction of sp³-hybridized carbons (Fsp3) is 0.214. The van der Waals surface area contributed by atoms with Crippen LogP contribution in [0, 0.1) is 0 Å². The average molecular weight is 287 g/mol. The maximum absolute atomic E-state index is 12.2. The smallest absolute Gasteiger partial charge is 0.247 e. The van der Waals surface area contributed by atoms with E-state index in [1.807, 2.05) is 17.0 Å². The van der Waals surface area contributed by atoms with Crippen LogP contribution >= 0.6 is 11.6 Å². The molecule has 0 aliphatic carbocycles. The third kappa shape index (κ3) is 1.67. The topological polar surface area (TPSA) is 58.1 Å². The minimum absolute atomic E-state index is 0.0158. The molecule has 0 bridgehead atoms. The lowest BCUT2D eigenvalue weighted by molar-refractivity contribution is -0.117. The van der Waals surface area contributed by atoms with E-state index in [2.05, 4.69) is 27.4 Å². The predicted octanol–water partition coefficient (Wildman–Crippen LogP) is 2.01. The van der Waals surface area contributed by atoms with Gasteiger partial charge in [0.05, 0.1) is 6.20 Å². The van der Waals surface area contributed by atoms with Crippen LogP contribution in [-0.4, -0.2) is 21.9 Å². The SMILES string of the molecule is O=C1Nc2cnc(Cl)nc2N2Cc3ccccc3CC12. The molecule has 0 saturated heterocycles. The number of carbonyl (C=O) groups is 1. The molecule has 1 N–H and O–H groups in total. The van der Waals surface area contributed by atoms with Crippen LogP contribution in [0.4, 0.5) is 11.5 Å². The standard InChI is InChI=1S/C14H11ClN4O/c15-14-16-6-10-12(18-14)19-7-9-4-2-1-3-8(9)5-11(19)13(20)17-10/h1-4,6,11H,5,7H2,(H,17,20). The zero-order valence-corrected chi connectivity index (χ0v) is 11.3. The molecular weight excluding hydrogens is 276 g/mol. The number of nitrogens with one attached hydrogen (secondary N) is 1. The molecule has 1 unspecified atom stereocenters. The summed E-state index contributed by atoms with van der Waals surface area (Å²) in [4.78, 5) is 22.4. The van der Waals surface area contributed by atoms with Crippen molar-refractivity contribution in [2.45, 2.75) is 19.0 Å². The Kier molecular flexibility index (Phi) is 2.44. The van der Waals surface area contributed by atoms with Gasteiger partial charge >= 0.3 is 0 Å². The number of hydrogen-bond acceptors (Lipinski definition) is 4. The second kappa shape index (κ2) is 4.18. The van der Waals surface area contributed by atoms with E-state index >= 15 is 0 Å². The minimum Gasteiger partial charge on any atom is -0.338 e. The van der Waals surface area contributed by atoms with Gasteiger partial charge in [0, 0.05) is 13.0 Å². The van der Waals surface area contributed by atoms with Gasteiger partial charge in [-0.25, -0.2) is 4.98 Å². The van der Waals surface area contributed by atoms with Crippen LogP contribution in [0.2, 0.25) is 5.28 Å². The highest BCUT2D eigenvalue weighted by Crippen LogP contribution is 2.35. The highest BCUT2D eigenvalue weighted by atomic mass is 35.5. The van der Waals surface area contributed by atoms with Crippen molar-refractivity contribution in [3.8, 4) is 0 Å². The van der Waals surface area contributed by atoms with E-state index in [-0.39, 0.29) is 17.2 Å². The van der Waals surface area contributed by atoms with Gasteiger partial charge in [0.15, 0.2) is 5.82 Å². The molecule has 5 nitrogen and oxygen atoms in total. The van der Waals surface area contributed by atoms with Gasteiger partial charge in [0.1, 0.15) is 11.7 Å². The number of aromatic nitrogens is 2. The van der Waals surface area contributed by atoms with Crippen molar-refractivity contribution < 1.29 is 4.79 Å². The Morgan fingerprint density at radius 3 is 2.95 bits per heavy atom. The summed E-state index contributed by atoms with van der Waals surface area (Å²) in [6.45, 7) is 0.661. The number of nitrogens with zero attached hydrogens (tertiary/aromatic N) is 3. The quantitative estimate of drug-likeness (QED) is 0.753. The molecule has 1 aromatic carbocycles. The number of hydrogen-bond donors (Lipinski definition) is 1. The molecule has 0 saturated carbocycles. The molecule has 1 atom stereocenters. The van der Waals surface area contributed by atoms with Gasteiger partial charge in [0.2, 0.25) is 11.2 Å². The fourth-order valence-electron chi connectivity index (χ4n) is 2.86. The molecule has 6 heteroatoms. The summed E-state index contributed by atoms with van der Waals surface area (Å²) in [6.07, 6.45) is 2.24. The molecule has 20 heavy (non-hydrogen) atoms. The van der Waals surface area contributed by atoms with Crippen molar-refractivity contribution in [3.63, 3.8) is 0 Å². The summed E-state index contributed by atoms with van der Waals surface area (Å²) in [5, 5.41) is 3.05. The van der Waals surface area contributed by atoms with E-state index in [1.54, 1.807) is 6.20 Å². The monoisotopic (exact) mass is 286 g/mol. The summed E-state index contributed by atoms with van der Waals surface area (Å²) in [7, 11) is 0. The van der Waals surface area contributed by atoms with E-state index in [0.29, 0.717) is 24.5 Å². The molecule has 0 radical (unpaired) electrons. The lowest BCUT2D eigenvalue weighted by Crippen LogP contribution is -2.51. The number of anilines is 2. The van der Waals surface area contributed by atoms with Crippen molar-refractivity contribution in [2.24, 2.45) is 0 Å². The van der Waals surface area contributed by atoms with Crippen LogP contribution in [0.15, 0.2) is 30.5 Å². The first-order valence-electron chi connectivity index (χ1n) is 6.39. The summed E-state index contributed by atoms with van der Waals surface area (Å²) >= 11 is 5.88. The largest absolute Gasteiger partial charge is 0.338 e. The van der Waals surface area contributed by atoms with Crippen LogP contribution in [0.1, 0.15) is 11.1 Å². The van der Waals surface area contributed by atoms with Gasteiger partial charge in [-0.2, -0.15) is 4.98 Å². The van der Waals surface area contributed by atoms with Gasteiger partial charge < -0.3 is 10.2 Å². The van der Waals surface area contributed by atoms with Crippen molar-refractivity contribution >= 4 is 29.0 Å². The fourth-order valence-corrected chi connectivity index (χ4v) is 2.98. The highest BCUT2D eigenvalue weighted by molar-refractivity contribution is 6.28. The summed E-state index contributed by atoms with van der Waals surface area (Å²) in [5.74, 6) is 0.682. The van der Waals surface area contributed by atoms with Gasteiger partial charge in [0.25, 0.3) is 0 Å². The Balaban J connectivity index is 1.84. The first-order valence-corrected chi connectivity index (χ1v) is 6.77. The number of carbonyl (C=O) groups excluding carboxylic acids is 1. The highest BCUT2D eigenvalue weighted by Gasteiger charge is 2.37. The minimum atomic E-state index is -0.233. The molecule has 2 aliphatic heterocycles. The van der Waals surface area contributed by atoms with Crippen LogP contribution in [0.25, 0.3) is 0 Å². The second-order valence-corrected chi connectivity index (χ2v) is 5.32. The average Bonchev–Trinajstić information content (AvgIpc) is 2.47. The predicted molar refractivity (Wildman–Crippen MR) is 75.8 cm³/mol. The molecule has 100 valence electrons. The van der Waals surface area contributed by atoms with Crippen LogP contribution in [0.3, 0.4) is 0 Å². The number of halogens is 1. The first-order chi connectivity index (χ1) is 9.72. The van der Waals surface area contributed by atoms with Crippen LogP contribution in [0.5, 0.6) is 0 Å². The molecular formula is C14H11ClN4O. The lowest BCUT2D eigenvalue weighted by atomic mass is 9.92. The Hall–Kier alpha value is -2.14. The van der Waals surface area contributed by atoms with Crippen molar-refractivity contribution in [3.05, 3.63) is 46.9 Å². The van der Waals surface area contributed by atoms with Gasteiger partial charge in [-0.1, -0.05) is 24.3 Å². The Morgan fingerprint density at radius 2 is 2.10 bits per heavy atom. The molecule has 2 aliphatic rings. The maximum atomic E-state index is 12.2. The van der Waals surface area contributed by atoms with E-state index < -0.39 is 0 Å². The van der Waals surface area contributed by atoms with Gasteiger partial charge in [-0.05, 0) is 22.7 Å². The van der Waals surface area contributed by atoms with Crippen LogP contribution in [-0.2, 0) is 17.8 Å². The number of fused-ring (bicyclic) bond motifs is 4. The second-order valence-electron chi connectivity index (χ2n) is 4.98. The van der Waals surface area contributed by atoms with Crippen molar-refractivity contribution in [1.29, 1.82) is 0 Å². The third-order valence-corrected chi connectivity index (χ3v) is 4.00. The summed E-state index contributed by atoms with van der Waals surface area (Å²) < 4.78 is 0. The van der Waals surface area contributed by atoms with Gasteiger partial charge in [-0.3, -0.25) is 4.79 Å². The molecule has 2 aromatic rings.